The van der Waals surface area contributed by atoms with Crippen LogP contribution in [0.4, 0.5) is 0 Å². The molecule has 0 fully saturated rings. The molecule has 2 heterocycles. The van der Waals surface area contributed by atoms with Gasteiger partial charge < -0.3 is 15.0 Å². The van der Waals surface area contributed by atoms with Crippen molar-refractivity contribution in [1.29, 1.82) is 0 Å². The van der Waals surface area contributed by atoms with E-state index in [1.165, 1.54) is 11.3 Å². The van der Waals surface area contributed by atoms with E-state index < -0.39 is 6.04 Å². The minimum atomic E-state index is -0.696. The Hall–Kier alpha value is -2.78. The van der Waals surface area contributed by atoms with Crippen molar-refractivity contribution in [2.24, 2.45) is 5.92 Å². The number of amides is 2. The Morgan fingerprint density at radius 1 is 1.23 bits per heavy atom. The van der Waals surface area contributed by atoms with Gasteiger partial charge in [0.1, 0.15) is 18.1 Å². The molecule has 0 unspecified atom stereocenters. The van der Waals surface area contributed by atoms with Crippen molar-refractivity contribution in [2.75, 3.05) is 26.8 Å². The molecule has 9 heteroatoms. The molecule has 0 saturated carbocycles. The van der Waals surface area contributed by atoms with Gasteiger partial charge in [-0.2, -0.15) is 0 Å². The van der Waals surface area contributed by atoms with Crippen molar-refractivity contribution < 1.29 is 14.3 Å². The predicted octanol–water partition coefficient (Wildman–Crippen LogP) is 2.87. The fourth-order valence-corrected chi connectivity index (χ4v) is 4.13. The third-order valence-electron chi connectivity index (χ3n) is 4.95. The van der Waals surface area contributed by atoms with Crippen LogP contribution in [0.3, 0.4) is 0 Å². The lowest BCUT2D eigenvalue weighted by Crippen LogP contribution is -2.46. The maximum Gasteiger partial charge on any atom is 0.248 e. The van der Waals surface area contributed by atoms with Crippen molar-refractivity contribution in [2.45, 2.75) is 32.9 Å². The van der Waals surface area contributed by atoms with E-state index in [4.69, 9.17) is 4.74 Å². The molecule has 1 N–H and O–H groups in total. The maximum atomic E-state index is 13.5. The standard InChI is InChI=1S/C22H29N5O3S/c1-16(2)10-12-26(20(28)15-27-18-8-5-4-7-17(18)24-25-27)21(19-9-6-14-31-19)22(29)23-11-13-30-3/h4-9,14,16,21H,10-13,15H2,1-3H3,(H,23,29)/t21-/m1/s1. The Labute approximate surface area is 186 Å². The summed E-state index contributed by atoms with van der Waals surface area (Å²) in [7, 11) is 1.59. The normalized spacial score (nSPS) is 12.3. The molecule has 0 bridgehead atoms. The first-order chi connectivity index (χ1) is 15.0. The van der Waals surface area contributed by atoms with Crippen LogP contribution in [-0.2, 0) is 20.9 Å². The number of hydrogen-bond donors (Lipinski definition) is 1. The first-order valence-electron chi connectivity index (χ1n) is 10.4. The SMILES string of the molecule is COCCNC(=O)[C@@H](c1cccs1)N(CCC(C)C)C(=O)Cn1nnc2ccccc21. The Kier molecular flexibility index (Phi) is 8.13. The zero-order valence-corrected chi connectivity index (χ0v) is 19.0. The molecule has 0 aliphatic rings. The molecule has 8 nitrogen and oxygen atoms in total. The van der Waals surface area contributed by atoms with Crippen LogP contribution >= 0.6 is 11.3 Å². The maximum absolute atomic E-state index is 13.5. The monoisotopic (exact) mass is 443 g/mol. The first kappa shape index (κ1) is 22.9. The van der Waals surface area contributed by atoms with Gasteiger partial charge >= 0.3 is 0 Å². The molecule has 31 heavy (non-hydrogen) atoms. The lowest BCUT2D eigenvalue weighted by atomic mass is 10.1. The van der Waals surface area contributed by atoms with Gasteiger partial charge in [0, 0.05) is 25.1 Å². The Balaban J connectivity index is 1.88. The smallest absolute Gasteiger partial charge is 0.248 e. The number of methoxy groups -OCH3 is 1. The molecule has 1 atom stereocenters. The first-order valence-corrected chi connectivity index (χ1v) is 11.3. The van der Waals surface area contributed by atoms with Gasteiger partial charge in [-0.3, -0.25) is 9.59 Å². The number of nitrogens with one attached hydrogen (secondary N) is 1. The van der Waals surface area contributed by atoms with Crippen LogP contribution in [0.5, 0.6) is 0 Å². The van der Waals surface area contributed by atoms with Gasteiger partial charge in [-0.05, 0) is 35.9 Å². The fourth-order valence-electron chi connectivity index (χ4n) is 3.29. The number of thiophene rings is 1. The molecular formula is C22H29N5O3S. The average Bonchev–Trinajstić information content (AvgIpc) is 3.41. The van der Waals surface area contributed by atoms with Gasteiger partial charge in [0.05, 0.1) is 12.1 Å². The lowest BCUT2D eigenvalue weighted by molar-refractivity contribution is -0.141. The number of carbonyl (C=O) groups excluding carboxylic acids is 2. The van der Waals surface area contributed by atoms with E-state index in [1.807, 2.05) is 41.8 Å². The topological polar surface area (TPSA) is 89.4 Å². The summed E-state index contributed by atoms with van der Waals surface area (Å²) in [5, 5.41) is 13.1. The van der Waals surface area contributed by atoms with E-state index in [1.54, 1.807) is 16.7 Å². The number of rotatable bonds is 11. The van der Waals surface area contributed by atoms with Gasteiger partial charge in [0.25, 0.3) is 0 Å². The van der Waals surface area contributed by atoms with Crippen molar-refractivity contribution in [3.8, 4) is 0 Å². The van der Waals surface area contributed by atoms with Crippen molar-refractivity contribution in [3.63, 3.8) is 0 Å². The molecule has 0 aliphatic heterocycles. The number of nitrogens with zero attached hydrogens (tertiary/aromatic N) is 4. The number of fused-ring (bicyclic) bond motifs is 1. The fraction of sp³-hybridized carbons (Fsp3) is 0.455. The van der Waals surface area contributed by atoms with E-state index >= 15 is 0 Å². The van der Waals surface area contributed by atoms with E-state index in [0.29, 0.717) is 25.6 Å². The van der Waals surface area contributed by atoms with Crippen LogP contribution in [0.1, 0.15) is 31.2 Å². The number of hydrogen-bond acceptors (Lipinski definition) is 6. The van der Waals surface area contributed by atoms with Crippen LogP contribution in [0, 0.1) is 5.92 Å². The third kappa shape index (κ3) is 5.89. The summed E-state index contributed by atoms with van der Waals surface area (Å²) in [4.78, 5) is 29.1. The molecule has 3 aromatic rings. The van der Waals surface area contributed by atoms with Gasteiger partial charge in [0.15, 0.2) is 0 Å². The number of para-hydroxylation sites is 1. The summed E-state index contributed by atoms with van der Waals surface area (Å²) in [6, 6.07) is 10.6. The molecule has 0 spiro atoms. The highest BCUT2D eigenvalue weighted by Gasteiger charge is 2.32. The number of carbonyl (C=O) groups is 2. The molecule has 3 rings (SSSR count). The average molecular weight is 444 g/mol. The Morgan fingerprint density at radius 3 is 2.74 bits per heavy atom. The molecular weight excluding hydrogens is 414 g/mol. The summed E-state index contributed by atoms with van der Waals surface area (Å²) in [6.45, 7) is 5.50. The molecule has 0 aliphatic carbocycles. The molecule has 2 aromatic heterocycles. The Bertz CT molecular complexity index is 986. The van der Waals surface area contributed by atoms with Crippen LogP contribution in [-0.4, -0.2) is 58.5 Å². The molecule has 0 radical (unpaired) electrons. The second kappa shape index (κ2) is 11.0. The Morgan fingerprint density at radius 2 is 2.03 bits per heavy atom. The van der Waals surface area contributed by atoms with E-state index in [2.05, 4.69) is 29.5 Å². The van der Waals surface area contributed by atoms with Crippen LogP contribution in [0.25, 0.3) is 11.0 Å². The van der Waals surface area contributed by atoms with Crippen LogP contribution < -0.4 is 5.32 Å². The largest absolute Gasteiger partial charge is 0.383 e. The molecule has 0 saturated heterocycles. The quantitative estimate of drug-likeness (QED) is 0.460. The number of ether oxygens (including phenoxy) is 1. The van der Waals surface area contributed by atoms with Crippen LogP contribution in [0.2, 0.25) is 0 Å². The second-order valence-corrected chi connectivity index (χ2v) is 8.69. The second-order valence-electron chi connectivity index (χ2n) is 7.71. The van der Waals surface area contributed by atoms with E-state index in [9.17, 15) is 9.59 Å². The summed E-state index contributed by atoms with van der Waals surface area (Å²) in [5.41, 5.74) is 1.52. The number of benzene rings is 1. The zero-order chi connectivity index (χ0) is 22.2. The molecule has 166 valence electrons. The highest BCUT2D eigenvalue weighted by atomic mass is 32.1. The van der Waals surface area contributed by atoms with Crippen LogP contribution in [0.15, 0.2) is 41.8 Å². The third-order valence-corrected chi connectivity index (χ3v) is 5.88. The summed E-state index contributed by atoms with van der Waals surface area (Å²) in [6.07, 6.45) is 0.789. The highest BCUT2D eigenvalue weighted by Crippen LogP contribution is 2.27. The molecule has 1 aromatic carbocycles. The van der Waals surface area contributed by atoms with Gasteiger partial charge in [-0.1, -0.05) is 37.3 Å². The van der Waals surface area contributed by atoms with Crippen molar-refractivity contribution >= 4 is 34.2 Å². The zero-order valence-electron chi connectivity index (χ0n) is 18.2. The number of aromatic nitrogens is 3. The lowest BCUT2D eigenvalue weighted by Gasteiger charge is -2.31. The minimum absolute atomic E-state index is 0.0197. The summed E-state index contributed by atoms with van der Waals surface area (Å²) in [5.74, 6) is 0.0136. The van der Waals surface area contributed by atoms with Crippen molar-refractivity contribution in [1.82, 2.24) is 25.2 Å². The van der Waals surface area contributed by atoms with E-state index in [-0.39, 0.29) is 18.4 Å². The highest BCUT2D eigenvalue weighted by molar-refractivity contribution is 7.10. The minimum Gasteiger partial charge on any atom is -0.383 e. The molecule has 2 amide bonds. The van der Waals surface area contributed by atoms with Crippen molar-refractivity contribution in [3.05, 3.63) is 46.7 Å². The van der Waals surface area contributed by atoms with E-state index in [0.717, 1.165) is 22.3 Å². The van der Waals surface area contributed by atoms with Gasteiger partial charge in [-0.15, -0.1) is 16.4 Å². The summed E-state index contributed by atoms with van der Waals surface area (Å²) >= 11 is 1.47. The predicted molar refractivity (Wildman–Crippen MR) is 121 cm³/mol. The summed E-state index contributed by atoms with van der Waals surface area (Å²) < 4.78 is 6.64. The van der Waals surface area contributed by atoms with Gasteiger partial charge in [0.2, 0.25) is 11.8 Å². The van der Waals surface area contributed by atoms with Gasteiger partial charge in [-0.25, -0.2) is 4.68 Å².